The summed E-state index contributed by atoms with van der Waals surface area (Å²) in [5, 5.41) is 0. The number of ether oxygens (including phenoxy) is 1. The van der Waals surface area contributed by atoms with Crippen molar-refractivity contribution in [2.24, 2.45) is 5.73 Å². The Bertz CT molecular complexity index is 388. The van der Waals surface area contributed by atoms with Crippen LogP contribution in [0.1, 0.15) is 19.4 Å². The van der Waals surface area contributed by atoms with Crippen LogP contribution in [0.25, 0.3) is 0 Å². The fourth-order valence-corrected chi connectivity index (χ4v) is 2.55. The van der Waals surface area contributed by atoms with E-state index in [2.05, 4.69) is 40.0 Å². The molecule has 102 valence electrons. The van der Waals surface area contributed by atoms with Crippen LogP contribution in [0.15, 0.2) is 22.7 Å². The third-order valence-corrected chi connectivity index (χ3v) is 3.30. The number of hydrogen-bond donors (Lipinski definition) is 1. The molecule has 0 saturated heterocycles. The van der Waals surface area contributed by atoms with Crippen molar-refractivity contribution < 1.29 is 4.74 Å². The van der Waals surface area contributed by atoms with Gasteiger partial charge in [0.2, 0.25) is 0 Å². The molecule has 0 atom stereocenters. The molecule has 0 unspecified atom stereocenters. The van der Waals surface area contributed by atoms with Gasteiger partial charge in [-0.25, -0.2) is 0 Å². The molecule has 18 heavy (non-hydrogen) atoms. The minimum absolute atomic E-state index is 0.144. The van der Waals surface area contributed by atoms with Crippen molar-refractivity contribution >= 4 is 15.9 Å². The lowest BCUT2D eigenvalue weighted by Gasteiger charge is -2.26. The molecule has 0 fully saturated rings. The van der Waals surface area contributed by atoms with Crippen LogP contribution >= 0.6 is 15.9 Å². The first-order valence-corrected chi connectivity index (χ1v) is 6.91. The quantitative estimate of drug-likeness (QED) is 0.877. The summed E-state index contributed by atoms with van der Waals surface area (Å²) < 4.78 is 6.22. The minimum Gasteiger partial charge on any atom is -0.496 e. The van der Waals surface area contributed by atoms with Crippen LogP contribution in [0.4, 0.5) is 0 Å². The van der Waals surface area contributed by atoms with E-state index < -0.39 is 0 Å². The number of rotatable bonds is 6. The van der Waals surface area contributed by atoms with Gasteiger partial charge in [0, 0.05) is 18.6 Å². The first-order chi connectivity index (χ1) is 8.31. The van der Waals surface area contributed by atoms with E-state index in [1.165, 1.54) is 5.56 Å². The van der Waals surface area contributed by atoms with Gasteiger partial charge < -0.3 is 15.4 Å². The second-order valence-electron chi connectivity index (χ2n) is 5.45. The zero-order valence-corrected chi connectivity index (χ0v) is 13.3. The first-order valence-electron chi connectivity index (χ1n) is 6.11. The van der Waals surface area contributed by atoms with Crippen LogP contribution in [-0.4, -0.2) is 37.7 Å². The SMILES string of the molecule is COc1ccc(CCN(C)CC(C)(C)N)cc1Br. The molecule has 1 rings (SSSR count). The standard InChI is InChI=1S/C14H23BrN2O/c1-14(2,16)10-17(3)8-7-11-5-6-13(18-4)12(15)9-11/h5-6,9H,7-8,10,16H2,1-4H3. The van der Waals surface area contributed by atoms with E-state index in [1.807, 2.05) is 19.9 Å². The van der Waals surface area contributed by atoms with Crippen molar-refractivity contribution in [3.8, 4) is 5.75 Å². The number of hydrogen-bond acceptors (Lipinski definition) is 3. The van der Waals surface area contributed by atoms with Crippen molar-refractivity contribution in [1.29, 1.82) is 0 Å². The highest BCUT2D eigenvalue weighted by Gasteiger charge is 2.13. The number of halogens is 1. The molecule has 0 aromatic heterocycles. The lowest BCUT2D eigenvalue weighted by molar-refractivity contribution is 0.273. The Hall–Kier alpha value is -0.580. The van der Waals surface area contributed by atoms with Crippen LogP contribution in [-0.2, 0) is 6.42 Å². The lowest BCUT2D eigenvalue weighted by atomic mass is 10.1. The molecule has 0 spiro atoms. The summed E-state index contributed by atoms with van der Waals surface area (Å²) in [4.78, 5) is 2.26. The van der Waals surface area contributed by atoms with Crippen molar-refractivity contribution in [3.63, 3.8) is 0 Å². The van der Waals surface area contributed by atoms with Crippen LogP contribution in [0.2, 0.25) is 0 Å². The maximum Gasteiger partial charge on any atom is 0.133 e. The molecular formula is C14H23BrN2O. The highest BCUT2D eigenvalue weighted by molar-refractivity contribution is 9.10. The van der Waals surface area contributed by atoms with Gasteiger partial charge in [-0.3, -0.25) is 0 Å². The Morgan fingerprint density at radius 3 is 2.56 bits per heavy atom. The summed E-state index contributed by atoms with van der Waals surface area (Å²) in [6.45, 7) is 5.99. The van der Waals surface area contributed by atoms with Gasteiger partial charge in [0.15, 0.2) is 0 Å². The summed E-state index contributed by atoms with van der Waals surface area (Å²) in [6.07, 6.45) is 1.01. The largest absolute Gasteiger partial charge is 0.496 e. The highest BCUT2D eigenvalue weighted by atomic mass is 79.9. The number of nitrogens with zero attached hydrogens (tertiary/aromatic N) is 1. The van der Waals surface area contributed by atoms with E-state index in [0.29, 0.717) is 0 Å². The van der Waals surface area contributed by atoms with Gasteiger partial charge in [-0.05, 0) is 60.9 Å². The first kappa shape index (κ1) is 15.5. The van der Waals surface area contributed by atoms with Gasteiger partial charge in [-0.2, -0.15) is 0 Å². The van der Waals surface area contributed by atoms with E-state index in [4.69, 9.17) is 10.5 Å². The van der Waals surface area contributed by atoms with Gasteiger partial charge in [0.1, 0.15) is 5.75 Å². The molecule has 0 heterocycles. The summed E-state index contributed by atoms with van der Waals surface area (Å²) >= 11 is 3.50. The Morgan fingerprint density at radius 1 is 1.39 bits per heavy atom. The van der Waals surface area contributed by atoms with Gasteiger partial charge in [0.25, 0.3) is 0 Å². The van der Waals surface area contributed by atoms with Gasteiger partial charge in [-0.1, -0.05) is 6.07 Å². The minimum atomic E-state index is -0.144. The van der Waals surface area contributed by atoms with E-state index >= 15 is 0 Å². The van der Waals surface area contributed by atoms with Crippen LogP contribution in [0.5, 0.6) is 5.75 Å². The fraction of sp³-hybridized carbons (Fsp3) is 0.571. The molecule has 0 aliphatic heterocycles. The molecule has 0 amide bonds. The predicted octanol–water partition coefficient (Wildman–Crippen LogP) is 2.67. The molecule has 0 radical (unpaired) electrons. The maximum atomic E-state index is 6.00. The molecule has 0 aliphatic rings. The summed E-state index contributed by atoms with van der Waals surface area (Å²) in [6, 6.07) is 6.21. The Balaban J connectivity index is 2.51. The molecule has 1 aromatic carbocycles. The number of likely N-dealkylation sites (N-methyl/N-ethyl adjacent to an activating group) is 1. The summed E-state index contributed by atoms with van der Waals surface area (Å²) in [5.41, 5.74) is 7.15. The van der Waals surface area contributed by atoms with Gasteiger partial charge in [0.05, 0.1) is 11.6 Å². The Labute approximate surface area is 118 Å². The normalized spacial score (nSPS) is 11.9. The van der Waals surface area contributed by atoms with Crippen LogP contribution in [0.3, 0.4) is 0 Å². The van der Waals surface area contributed by atoms with Crippen molar-refractivity contribution in [3.05, 3.63) is 28.2 Å². The smallest absolute Gasteiger partial charge is 0.133 e. The van der Waals surface area contributed by atoms with E-state index in [9.17, 15) is 0 Å². The maximum absolute atomic E-state index is 6.00. The summed E-state index contributed by atoms with van der Waals surface area (Å²) in [7, 11) is 3.78. The molecule has 4 heteroatoms. The zero-order chi connectivity index (χ0) is 13.8. The molecule has 1 aromatic rings. The number of nitrogens with two attached hydrogens (primary N) is 1. The van der Waals surface area contributed by atoms with E-state index in [0.717, 1.165) is 29.7 Å². The van der Waals surface area contributed by atoms with Gasteiger partial charge >= 0.3 is 0 Å². The third-order valence-electron chi connectivity index (χ3n) is 2.68. The molecule has 0 saturated carbocycles. The predicted molar refractivity (Wildman–Crippen MR) is 80.2 cm³/mol. The van der Waals surface area contributed by atoms with E-state index in [1.54, 1.807) is 7.11 Å². The fourth-order valence-electron chi connectivity index (χ4n) is 1.96. The van der Waals surface area contributed by atoms with Crippen molar-refractivity contribution in [2.75, 3.05) is 27.2 Å². The summed E-state index contributed by atoms with van der Waals surface area (Å²) in [5.74, 6) is 0.871. The van der Waals surface area contributed by atoms with Crippen LogP contribution in [0, 0.1) is 0 Å². The average molecular weight is 315 g/mol. The molecular weight excluding hydrogens is 292 g/mol. The molecule has 0 bridgehead atoms. The molecule has 0 aliphatic carbocycles. The van der Waals surface area contributed by atoms with Gasteiger partial charge in [-0.15, -0.1) is 0 Å². The Kier molecular flexibility index (Phi) is 5.63. The second kappa shape index (κ2) is 6.55. The van der Waals surface area contributed by atoms with Crippen LogP contribution < -0.4 is 10.5 Å². The van der Waals surface area contributed by atoms with Crippen molar-refractivity contribution in [1.82, 2.24) is 4.90 Å². The van der Waals surface area contributed by atoms with E-state index in [-0.39, 0.29) is 5.54 Å². The topological polar surface area (TPSA) is 38.5 Å². The average Bonchev–Trinajstić information content (AvgIpc) is 2.24. The number of methoxy groups -OCH3 is 1. The highest BCUT2D eigenvalue weighted by Crippen LogP contribution is 2.25. The number of benzene rings is 1. The zero-order valence-electron chi connectivity index (χ0n) is 11.7. The van der Waals surface area contributed by atoms with Crippen molar-refractivity contribution in [2.45, 2.75) is 25.8 Å². The monoisotopic (exact) mass is 314 g/mol. The second-order valence-corrected chi connectivity index (χ2v) is 6.30. The lowest BCUT2D eigenvalue weighted by Crippen LogP contribution is -2.44. The third kappa shape index (κ3) is 5.38. The molecule has 2 N–H and O–H groups in total. The Morgan fingerprint density at radius 2 is 2.06 bits per heavy atom. The molecule has 3 nitrogen and oxygen atoms in total.